The fraction of sp³-hybridized carbons (Fsp3) is 0. The molecule has 0 aliphatic heterocycles. The van der Waals surface area contributed by atoms with Gasteiger partial charge in [0.2, 0.25) is 0 Å². The van der Waals surface area contributed by atoms with E-state index in [0.717, 1.165) is 4.47 Å². The van der Waals surface area contributed by atoms with Crippen LogP contribution in [-0.2, 0) is 0 Å². The lowest BCUT2D eigenvalue weighted by Crippen LogP contribution is -1.92. The molecule has 7 rings (SSSR count). The summed E-state index contributed by atoms with van der Waals surface area (Å²) in [7, 11) is 0. The second-order valence-electron chi connectivity index (χ2n) is 9.04. The quantitative estimate of drug-likeness (QED) is 0.203. The van der Waals surface area contributed by atoms with Crippen LogP contribution in [0.4, 0.5) is 0 Å². The molecule has 0 aliphatic carbocycles. The maximum absolute atomic E-state index is 3.76. The summed E-state index contributed by atoms with van der Waals surface area (Å²) in [5.74, 6) is 0. The molecule has 0 saturated carbocycles. The van der Waals surface area contributed by atoms with E-state index in [1.54, 1.807) is 0 Å². The lowest BCUT2D eigenvalue weighted by atomic mass is 9.84. The summed E-state index contributed by atoms with van der Waals surface area (Å²) in [5.41, 5.74) is 5.11. The van der Waals surface area contributed by atoms with Crippen molar-refractivity contribution in [3.05, 3.63) is 132 Å². The average molecular weight is 509 g/mol. The molecule has 0 nitrogen and oxygen atoms in total. The Morgan fingerprint density at radius 3 is 1.54 bits per heavy atom. The SMILES string of the molecule is Brc1ccc(-c2c3ccccc3c(-c3ccc4ccccc4c3)c3ccccc23)c2ccccc12. The molecule has 0 saturated heterocycles. The minimum absolute atomic E-state index is 1.12. The molecule has 0 atom stereocenters. The Hall–Kier alpha value is -3.94. The van der Waals surface area contributed by atoms with E-state index in [1.807, 2.05) is 0 Å². The second kappa shape index (κ2) is 8.08. The van der Waals surface area contributed by atoms with Crippen LogP contribution in [0.25, 0.3) is 65.3 Å². The van der Waals surface area contributed by atoms with Crippen LogP contribution in [0, 0.1) is 0 Å². The maximum Gasteiger partial charge on any atom is 0.0254 e. The molecule has 0 fully saturated rings. The highest BCUT2D eigenvalue weighted by atomic mass is 79.9. The van der Waals surface area contributed by atoms with Gasteiger partial charge in [-0.25, -0.2) is 0 Å². The Labute approximate surface area is 212 Å². The minimum atomic E-state index is 1.12. The predicted octanol–water partition coefficient (Wildman–Crippen LogP) is 10.4. The molecular formula is C34H21Br. The zero-order valence-corrected chi connectivity index (χ0v) is 20.6. The van der Waals surface area contributed by atoms with Gasteiger partial charge in [-0.05, 0) is 77.5 Å². The molecule has 0 heterocycles. The van der Waals surface area contributed by atoms with E-state index in [4.69, 9.17) is 0 Å². The van der Waals surface area contributed by atoms with E-state index >= 15 is 0 Å². The molecule has 0 bridgehead atoms. The van der Waals surface area contributed by atoms with Crippen LogP contribution < -0.4 is 0 Å². The van der Waals surface area contributed by atoms with E-state index in [-0.39, 0.29) is 0 Å². The first kappa shape index (κ1) is 20.4. The number of halogens is 1. The van der Waals surface area contributed by atoms with Crippen LogP contribution >= 0.6 is 15.9 Å². The maximum atomic E-state index is 3.76. The van der Waals surface area contributed by atoms with Crippen LogP contribution in [0.2, 0.25) is 0 Å². The summed E-state index contributed by atoms with van der Waals surface area (Å²) in [6, 6.07) is 46.3. The van der Waals surface area contributed by atoms with Crippen LogP contribution in [0.15, 0.2) is 132 Å². The summed E-state index contributed by atoms with van der Waals surface area (Å²) in [6.45, 7) is 0. The van der Waals surface area contributed by atoms with Gasteiger partial charge in [0, 0.05) is 4.47 Å². The second-order valence-corrected chi connectivity index (χ2v) is 9.90. The third kappa shape index (κ3) is 3.20. The molecule has 1 heteroatoms. The minimum Gasteiger partial charge on any atom is -0.0616 e. The van der Waals surface area contributed by atoms with E-state index in [9.17, 15) is 0 Å². The topological polar surface area (TPSA) is 0 Å². The first-order valence-electron chi connectivity index (χ1n) is 11.9. The van der Waals surface area contributed by atoms with Crippen molar-refractivity contribution >= 4 is 59.0 Å². The highest BCUT2D eigenvalue weighted by Gasteiger charge is 2.18. The standard InChI is InChI=1S/C34H21Br/c35-32-20-19-31(25-11-3-4-12-26(25)32)34-29-15-7-5-13-27(29)33(28-14-6-8-16-30(28)34)24-18-17-22-9-1-2-10-23(22)21-24/h1-21H. The van der Waals surface area contributed by atoms with Crippen molar-refractivity contribution in [1.82, 2.24) is 0 Å². The van der Waals surface area contributed by atoms with Crippen molar-refractivity contribution in [3.63, 3.8) is 0 Å². The fourth-order valence-electron chi connectivity index (χ4n) is 5.55. The number of benzene rings is 7. The van der Waals surface area contributed by atoms with Gasteiger partial charge in [-0.15, -0.1) is 0 Å². The van der Waals surface area contributed by atoms with Crippen molar-refractivity contribution in [1.29, 1.82) is 0 Å². The number of hydrogen-bond acceptors (Lipinski definition) is 0. The Morgan fingerprint density at radius 1 is 0.371 bits per heavy atom. The molecule has 0 amide bonds. The molecule has 0 unspecified atom stereocenters. The van der Waals surface area contributed by atoms with Gasteiger partial charge in [-0.2, -0.15) is 0 Å². The smallest absolute Gasteiger partial charge is 0.0254 e. The van der Waals surface area contributed by atoms with Crippen molar-refractivity contribution in [2.45, 2.75) is 0 Å². The van der Waals surface area contributed by atoms with E-state index in [1.165, 1.54) is 65.3 Å². The zero-order chi connectivity index (χ0) is 23.4. The van der Waals surface area contributed by atoms with E-state index in [0.29, 0.717) is 0 Å². The molecule has 164 valence electrons. The van der Waals surface area contributed by atoms with Crippen LogP contribution in [0.1, 0.15) is 0 Å². The van der Waals surface area contributed by atoms with Gasteiger partial charge in [0.1, 0.15) is 0 Å². The van der Waals surface area contributed by atoms with Crippen LogP contribution in [-0.4, -0.2) is 0 Å². The molecule has 0 spiro atoms. The normalized spacial score (nSPS) is 11.6. The fourth-order valence-corrected chi connectivity index (χ4v) is 6.03. The Balaban J connectivity index is 1.65. The monoisotopic (exact) mass is 508 g/mol. The van der Waals surface area contributed by atoms with Crippen LogP contribution in [0.3, 0.4) is 0 Å². The lowest BCUT2D eigenvalue weighted by Gasteiger charge is -2.19. The highest BCUT2D eigenvalue weighted by Crippen LogP contribution is 2.46. The predicted molar refractivity (Wildman–Crippen MR) is 155 cm³/mol. The first-order chi connectivity index (χ1) is 17.3. The van der Waals surface area contributed by atoms with Gasteiger partial charge in [0.25, 0.3) is 0 Å². The molecule has 0 aromatic heterocycles. The molecule has 35 heavy (non-hydrogen) atoms. The van der Waals surface area contributed by atoms with Gasteiger partial charge < -0.3 is 0 Å². The Morgan fingerprint density at radius 2 is 0.886 bits per heavy atom. The zero-order valence-electron chi connectivity index (χ0n) is 19.0. The van der Waals surface area contributed by atoms with E-state index < -0.39 is 0 Å². The van der Waals surface area contributed by atoms with Gasteiger partial charge in [0.15, 0.2) is 0 Å². The third-order valence-corrected chi connectivity index (χ3v) is 7.80. The van der Waals surface area contributed by atoms with Crippen molar-refractivity contribution in [2.75, 3.05) is 0 Å². The number of fused-ring (bicyclic) bond motifs is 4. The molecule has 7 aromatic carbocycles. The van der Waals surface area contributed by atoms with Gasteiger partial charge in [-0.1, -0.05) is 131 Å². The summed E-state index contributed by atoms with van der Waals surface area (Å²) in [5, 5.41) is 10.1. The van der Waals surface area contributed by atoms with Gasteiger partial charge in [0.05, 0.1) is 0 Å². The molecule has 0 N–H and O–H groups in total. The first-order valence-corrected chi connectivity index (χ1v) is 12.7. The largest absolute Gasteiger partial charge is 0.0616 e. The van der Waals surface area contributed by atoms with Gasteiger partial charge in [-0.3, -0.25) is 0 Å². The summed E-state index contributed by atoms with van der Waals surface area (Å²) < 4.78 is 1.12. The molecule has 7 aromatic rings. The summed E-state index contributed by atoms with van der Waals surface area (Å²) >= 11 is 3.76. The van der Waals surface area contributed by atoms with Gasteiger partial charge >= 0.3 is 0 Å². The number of hydrogen-bond donors (Lipinski definition) is 0. The van der Waals surface area contributed by atoms with Crippen LogP contribution in [0.5, 0.6) is 0 Å². The lowest BCUT2D eigenvalue weighted by molar-refractivity contribution is 1.67. The Kier molecular flexibility index (Phi) is 4.72. The summed E-state index contributed by atoms with van der Waals surface area (Å²) in [6.07, 6.45) is 0. The molecule has 0 aliphatic rings. The average Bonchev–Trinajstić information content (AvgIpc) is 2.92. The summed E-state index contributed by atoms with van der Waals surface area (Å²) in [4.78, 5) is 0. The van der Waals surface area contributed by atoms with Crippen molar-refractivity contribution in [2.24, 2.45) is 0 Å². The molecule has 0 radical (unpaired) electrons. The Bertz CT molecular complexity index is 1860. The highest BCUT2D eigenvalue weighted by molar-refractivity contribution is 9.10. The number of rotatable bonds is 2. The van der Waals surface area contributed by atoms with Crippen molar-refractivity contribution < 1.29 is 0 Å². The van der Waals surface area contributed by atoms with Crippen molar-refractivity contribution in [3.8, 4) is 22.3 Å². The van der Waals surface area contributed by atoms with E-state index in [2.05, 4.69) is 143 Å². The molecular weight excluding hydrogens is 488 g/mol. The third-order valence-electron chi connectivity index (χ3n) is 7.11.